The zero-order valence-corrected chi connectivity index (χ0v) is 11.9. The summed E-state index contributed by atoms with van der Waals surface area (Å²) < 4.78 is 45.9. The summed E-state index contributed by atoms with van der Waals surface area (Å²) in [6.45, 7) is 0. The van der Waals surface area contributed by atoms with Crippen molar-refractivity contribution in [2.45, 2.75) is 5.33 Å². The van der Waals surface area contributed by atoms with Gasteiger partial charge in [-0.15, -0.1) is 0 Å². The molecule has 0 saturated carbocycles. The summed E-state index contributed by atoms with van der Waals surface area (Å²) >= 11 is 3.12. The topological polar surface area (TPSA) is 52.4 Å². The summed E-state index contributed by atoms with van der Waals surface area (Å²) in [6, 6.07) is 4.97. The highest BCUT2D eigenvalue weighted by atomic mass is 79.9. The molecule has 0 unspecified atom stereocenters. The van der Waals surface area contributed by atoms with E-state index in [4.69, 9.17) is 4.74 Å². The Morgan fingerprint density at radius 2 is 1.86 bits per heavy atom. The average molecular weight is 362 g/mol. The Labute approximate surface area is 125 Å². The summed E-state index contributed by atoms with van der Waals surface area (Å²) in [6.07, 6.45) is 0. The van der Waals surface area contributed by atoms with Crippen molar-refractivity contribution in [1.29, 1.82) is 0 Å². The molecule has 0 aliphatic heterocycles. The Kier molecular flexibility index (Phi) is 4.46. The highest BCUT2D eigenvalue weighted by Gasteiger charge is 2.21. The van der Waals surface area contributed by atoms with E-state index in [1.165, 1.54) is 12.1 Å². The molecular formula is C13H7BrF3NO3. The summed E-state index contributed by atoms with van der Waals surface area (Å²) in [5.74, 6) is -4.10. The number of nitrogens with zero attached hydrogens (tertiary/aromatic N) is 1. The minimum Gasteiger partial charge on any atom is -0.451 e. The second-order valence-corrected chi connectivity index (χ2v) is 4.52. The van der Waals surface area contributed by atoms with E-state index in [1.807, 2.05) is 0 Å². The molecule has 0 heterocycles. The summed E-state index contributed by atoms with van der Waals surface area (Å²) in [5.41, 5.74) is -0.637. The number of halogens is 4. The second-order valence-electron chi connectivity index (χ2n) is 3.95. The van der Waals surface area contributed by atoms with Crippen LogP contribution >= 0.6 is 15.9 Å². The number of alkyl halides is 1. The summed E-state index contributed by atoms with van der Waals surface area (Å²) in [7, 11) is 0. The van der Waals surface area contributed by atoms with E-state index in [0.29, 0.717) is 17.7 Å². The van der Waals surface area contributed by atoms with Gasteiger partial charge in [0.05, 0.1) is 11.0 Å². The van der Waals surface area contributed by atoms with E-state index in [1.54, 1.807) is 0 Å². The van der Waals surface area contributed by atoms with Gasteiger partial charge in [-0.1, -0.05) is 28.1 Å². The first-order valence-corrected chi connectivity index (χ1v) is 6.70. The lowest BCUT2D eigenvalue weighted by molar-refractivity contribution is -0.387. The van der Waals surface area contributed by atoms with Crippen LogP contribution in [-0.4, -0.2) is 4.92 Å². The Morgan fingerprint density at radius 3 is 2.48 bits per heavy atom. The van der Waals surface area contributed by atoms with E-state index in [9.17, 15) is 23.3 Å². The number of nitro groups is 1. The van der Waals surface area contributed by atoms with Crippen LogP contribution in [0.25, 0.3) is 0 Å². The van der Waals surface area contributed by atoms with Crippen LogP contribution in [0.3, 0.4) is 0 Å². The molecule has 2 aromatic rings. The summed E-state index contributed by atoms with van der Waals surface area (Å²) in [5, 5.41) is 10.7. The van der Waals surface area contributed by atoms with E-state index < -0.39 is 33.8 Å². The predicted molar refractivity (Wildman–Crippen MR) is 72.1 cm³/mol. The van der Waals surface area contributed by atoms with Crippen LogP contribution in [0.1, 0.15) is 5.56 Å². The van der Waals surface area contributed by atoms with Crippen molar-refractivity contribution < 1.29 is 22.8 Å². The maximum atomic E-state index is 13.7. The molecule has 2 rings (SSSR count). The molecule has 0 fully saturated rings. The number of para-hydroxylation sites is 1. The third-order valence-electron chi connectivity index (χ3n) is 2.60. The van der Waals surface area contributed by atoms with Crippen LogP contribution in [0.4, 0.5) is 18.9 Å². The van der Waals surface area contributed by atoms with Crippen molar-refractivity contribution in [2.24, 2.45) is 0 Å². The molecule has 0 atom stereocenters. The van der Waals surface area contributed by atoms with E-state index in [-0.39, 0.29) is 11.1 Å². The molecule has 4 nitrogen and oxygen atoms in total. The van der Waals surface area contributed by atoms with Crippen molar-refractivity contribution in [1.82, 2.24) is 0 Å². The molecule has 0 amide bonds. The lowest BCUT2D eigenvalue weighted by Crippen LogP contribution is -1.99. The molecule has 0 bridgehead atoms. The quantitative estimate of drug-likeness (QED) is 0.450. The zero-order valence-electron chi connectivity index (χ0n) is 10.3. The van der Waals surface area contributed by atoms with Crippen LogP contribution < -0.4 is 4.74 Å². The maximum absolute atomic E-state index is 13.7. The fourth-order valence-electron chi connectivity index (χ4n) is 1.62. The van der Waals surface area contributed by atoms with Gasteiger partial charge in [-0.05, 0) is 6.07 Å². The van der Waals surface area contributed by atoms with E-state index in [2.05, 4.69) is 15.9 Å². The number of nitro benzene ring substituents is 1. The van der Waals surface area contributed by atoms with Crippen LogP contribution in [0, 0.1) is 27.6 Å². The standard InChI is InChI=1S/C13H7BrF3NO3/c14-6-7-2-1-3-8(15)13(7)21-12-5-9(16)11(18(19)20)4-10(12)17/h1-5H,6H2. The molecule has 0 aromatic heterocycles. The molecular weight excluding hydrogens is 355 g/mol. The minimum absolute atomic E-state index is 0.233. The molecule has 0 radical (unpaired) electrons. The second kappa shape index (κ2) is 6.13. The monoisotopic (exact) mass is 361 g/mol. The molecule has 0 N–H and O–H groups in total. The van der Waals surface area contributed by atoms with Crippen molar-refractivity contribution in [3.05, 3.63) is 63.5 Å². The SMILES string of the molecule is O=[N+]([O-])c1cc(F)c(Oc2c(F)cccc2CBr)cc1F. The van der Waals surface area contributed by atoms with Gasteiger partial charge in [0.2, 0.25) is 5.82 Å². The molecule has 0 aliphatic carbocycles. The zero-order chi connectivity index (χ0) is 15.6. The van der Waals surface area contributed by atoms with Gasteiger partial charge in [0.25, 0.3) is 0 Å². The highest BCUT2D eigenvalue weighted by Crippen LogP contribution is 2.33. The Morgan fingerprint density at radius 1 is 1.14 bits per heavy atom. The molecule has 2 aromatic carbocycles. The number of hydrogen-bond acceptors (Lipinski definition) is 3. The molecule has 110 valence electrons. The lowest BCUT2D eigenvalue weighted by Gasteiger charge is -2.11. The van der Waals surface area contributed by atoms with Crippen molar-refractivity contribution in [3.8, 4) is 11.5 Å². The normalized spacial score (nSPS) is 10.5. The third kappa shape index (κ3) is 3.15. The average Bonchev–Trinajstić information content (AvgIpc) is 2.44. The van der Waals surface area contributed by atoms with Gasteiger partial charge in [-0.3, -0.25) is 10.1 Å². The van der Waals surface area contributed by atoms with Crippen LogP contribution in [0.2, 0.25) is 0 Å². The van der Waals surface area contributed by atoms with Gasteiger partial charge in [0.1, 0.15) is 0 Å². The highest BCUT2D eigenvalue weighted by molar-refractivity contribution is 9.08. The van der Waals surface area contributed by atoms with Gasteiger partial charge in [-0.25, -0.2) is 8.78 Å². The Balaban J connectivity index is 2.46. The Hall–Kier alpha value is -2.09. The van der Waals surface area contributed by atoms with Gasteiger partial charge >= 0.3 is 5.69 Å². The minimum atomic E-state index is -1.27. The number of rotatable bonds is 4. The lowest BCUT2D eigenvalue weighted by atomic mass is 10.2. The van der Waals surface area contributed by atoms with E-state index in [0.717, 1.165) is 6.07 Å². The van der Waals surface area contributed by atoms with Gasteiger partial charge in [-0.2, -0.15) is 4.39 Å². The molecule has 0 aliphatic rings. The van der Waals surface area contributed by atoms with Crippen molar-refractivity contribution in [2.75, 3.05) is 0 Å². The maximum Gasteiger partial charge on any atom is 0.307 e. The third-order valence-corrected chi connectivity index (χ3v) is 3.21. The predicted octanol–water partition coefficient (Wildman–Crippen LogP) is 4.70. The van der Waals surface area contributed by atoms with Crippen LogP contribution in [-0.2, 0) is 5.33 Å². The van der Waals surface area contributed by atoms with Gasteiger partial charge in [0.15, 0.2) is 23.1 Å². The number of benzene rings is 2. The van der Waals surface area contributed by atoms with Gasteiger partial charge in [0, 0.05) is 17.0 Å². The van der Waals surface area contributed by atoms with Crippen LogP contribution in [0.5, 0.6) is 11.5 Å². The van der Waals surface area contributed by atoms with E-state index >= 15 is 0 Å². The molecule has 8 heteroatoms. The smallest absolute Gasteiger partial charge is 0.307 e. The van der Waals surface area contributed by atoms with Crippen molar-refractivity contribution >= 4 is 21.6 Å². The summed E-state index contributed by atoms with van der Waals surface area (Å²) in [4.78, 5) is 9.43. The largest absolute Gasteiger partial charge is 0.451 e. The fraction of sp³-hybridized carbons (Fsp3) is 0.0769. The molecule has 0 saturated heterocycles. The first-order valence-electron chi connectivity index (χ1n) is 5.58. The first-order chi connectivity index (χ1) is 9.93. The first kappa shape index (κ1) is 15.3. The van der Waals surface area contributed by atoms with Crippen LogP contribution in [0.15, 0.2) is 30.3 Å². The number of hydrogen-bond donors (Lipinski definition) is 0. The van der Waals surface area contributed by atoms with Crippen molar-refractivity contribution in [3.63, 3.8) is 0 Å². The Bertz CT molecular complexity index is 709. The molecule has 21 heavy (non-hydrogen) atoms. The van der Waals surface area contributed by atoms with Gasteiger partial charge < -0.3 is 4.74 Å². The fourth-order valence-corrected chi connectivity index (χ4v) is 2.06. The number of ether oxygens (including phenoxy) is 1. The molecule has 0 spiro atoms.